The van der Waals surface area contributed by atoms with E-state index in [4.69, 9.17) is 5.73 Å². The third-order valence-corrected chi connectivity index (χ3v) is 2.46. The Morgan fingerprint density at radius 2 is 2.06 bits per heavy atom. The van der Waals surface area contributed by atoms with Crippen LogP contribution in [0.5, 0.6) is 0 Å². The SMILES string of the molecule is Cc1cc(C(=O)c2cccnc2)ccc1N. The van der Waals surface area contributed by atoms with Gasteiger partial charge in [-0.3, -0.25) is 9.78 Å². The van der Waals surface area contributed by atoms with Crippen LogP contribution in [0.1, 0.15) is 21.5 Å². The van der Waals surface area contributed by atoms with Crippen LogP contribution in [0.4, 0.5) is 5.69 Å². The second-order valence-electron chi connectivity index (χ2n) is 3.64. The zero-order valence-corrected chi connectivity index (χ0v) is 8.97. The number of aryl methyl sites for hydroxylation is 1. The Balaban J connectivity index is 2.39. The minimum atomic E-state index is -0.0313. The molecule has 2 aromatic rings. The van der Waals surface area contributed by atoms with Gasteiger partial charge < -0.3 is 5.73 Å². The third-order valence-electron chi connectivity index (χ3n) is 2.46. The van der Waals surface area contributed by atoms with Gasteiger partial charge in [0.1, 0.15) is 0 Å². The maximum Gasteiger partial charge on any atom is 0.194 e. The fourth-order valence-electron chi connectivity index (χ4n) is 1.48. The quantitative estimate of drug-likeness (QED) is 0.613. The smallest absolute Gasteiger partial charge is 0.194 e. The number of nitrogens with zero attached hydrogens (tertiary/aromatic N) is 1. The Morgan fingerprint density at radius 1 is 1.25 bits per heavy atom. The molecule has 1 aromatic carbocycles. The lowest BCUT2D eigenvalue weighted by Crippen LogP contribution is -2.02. The molecule has 0 saturated carbocycles. The van der Waals surface area contributed by atoms with Gasteiger partial charge in [0.2, 0.25) is 0 Å². The van der Waals surface area contributed by atoms with Crippen LogP contribution < -0.4 is 5.73 Å². The molecule has 0 aliphatic rings. The lowest BCUT2D eigenvalue weighted by atomic mass is 10.0. The molecule has 1 heterocycles. The summed E-state index contributed by atoms with van der Waals surface area (Å²) in [5.41, 5.74) is 8.54. The molecule has 2 rings (SSSR count). The average molecular weight is 212 g/mol. The Hall–Kier alpha value is -2.16. The summed E-state index contributed by atoms with van der Waals surface area (Å²) in [5, 5.41) is 0. The van der Waals surface area contributed by atoms with Crippen LogP contribution in [0.2, 0.25) is 0 Å². The van der Waals surface area contributed by atoms with E-state index in [-0.39, 0.29) is 5.78 Å². The van der Waals surface area contributed by atoms with E-state index in [9.17, 15) is 4.79 Å². The zero-order chi connectivity index (χ0) is 11.5. The van der Waals surface area contributed by atoms with Crippen LogP contribution in [0.3, 0.4) is 0 Å². The molecule has 0 amide bonds. The highest BCUT2D eigenvalue weighted by Gasteiger charge is 2.09. The Kier molecular flexibility index (Phi) is 2.68. The number of hydrogen-bond acceptors (Lipinski definition) is 3. The van der Waals surface area contributed by atoms with Crippen LogP contribution in [-0.4, -0.2) is 10.8 Å². The van der Waals surface area contributed by atoms with Gasteiger partial charge >= 0.3 is 0 Å². The molecule has 16 heavy (non-hydrogen) atoms. The van der Waals surface area contributed by atoms with Gasteiger partial charge in [-0.2, -0.15) is 0 Å². The standard InChI is InChI=1S/C13H12N2O/c1-9-7-10(4-5-12(9)14)13(16)11-3-2-6-15-8-11/h2-8H,14H2,1H3. The fraction of sp³-hybridized carbons (Fsp3) is 0.0769. The minimum Gasteiger partial charge on any atom is -0.399 e. The summed E-state index contributed by atoms with van der Waals surface area (Å²) >= 11 is 0. The number of carbonyl (C=O) groups is 1. The van der Waals surface area contributed by atoms with Gasteiger partial charge in [0.05, 0.1) is 0 Å². The molecule has 0 spiro atoms. The summed E-state index contributed by atoms with van der Waals surface area (Å²) < 4.78 is 0. The predicted octanol–water partition coefficient (Wildman–Crippen LogP) is 2.20. The van der Waals surface area contributed by atoms with Crippen molar-refractivity contribution in [2.24, 2.45) is 0 Å². The first-order valence-corrected chi connectivity index (χ1v) is 4.99. The molecule has 0 atom stereocenters. The number of nitrogen functional groups attached to an aromatic ring is 1. The number of rotatable bonds is 2. The van der Waals surface area contributed by atoms with Gasteiger partial charge in [-0.15, -0.1) is 0 Å². The van der Waals surface area contributed by atoms with Crippen molar-refractivity contribution in [3.63, 3.8) is 0 Å². The van der Waals surface area contributed by atoms with E-state index in [0.717, 1.165) is 5.56 Å². The highest BCUT2D eigenvalue weighted by atomic mass is 16.1. The number of ketones is 1. The molecule has 0 saturated heterocycles. The summed E-state index contributed by atoms with van der Waals surface area (Å²) in [6, 6.07) is 8.78. The van der Waals surface area contributed by atoms with Crippen LogP contribution >= 0.6 is 0 Å². The van der Waals surface area contributed by atoms with Crippen LogP contribution in [0, 0.1) is 6.92 Å². The molecule has 0 aliphatic heterocycles. The molecular weight excluding hydrogens is 200 g/mol. The predicted molar refractivity (Wildman–Crippen MR) is 63.3 cm³/mol. The number of pyridine rings is 1. The van der Waals surface area contributed by atoms with Gasteiger partial charge in [-0.05, 0) is 42.8 Å². The topological polar surface area (TPSA) is 56.0 Å². The number of anilines is 1. The zero-order valence-electron chi connectivity index (χ0n) is 8.97. The van der Waals surface area contributed by atoms with Crippen LogP contribution in [0.25, 0.3) is 0 Å². The number of nitrogens with two attached hydrogens (primary N) is 1. The fourth-order valence-corrected chi connectivity index (χ4v) is 1.48. The van der Waals surface area contributed by atoms with Crippen molar-refractivity contribution >= 4 is 11.5 Å². The van der Waals surface area contributed by atoms with Crippen molar-refractivity contribution in [2.45, 2.75) is 6.92 Å². The average Bonchev–Trinajstić information content (AvgIpc) is 2.33. The van der Waals surface area contributed by atoms with Crippen molar-refractivity contribution in [1.29, 1.82) is 0 Å². The number of hydrogen-bond donors (Lipinski definition) is 1. The molecule has 0 bridgehead atoms. The van der Waals surface area contributed by atoms with Crippen molar-refractivity contribution in [3.05, 3.63) is 59.4 Å². The van der Waals surface area contributed by atoms with Gasteiger partial charge in [0.15, 0.2) is 5.78 Å². The Labute approximate surface area is 93.9 Å². The normalized spacial score (nSPS) is 10.1. The second kappa shape index (κ2) is 4.14. The molecule has 0 unspecified atom stereocenters. The maximum absolute atomic E-state index is 12.0. The molecule has 80 valence electrons. The number of carbonyl (C=O) groups excluding carboxylic acids is 1. The first-order valence-electron chi connectivity index (χ1n) is 4.99. The van der Waals surface area contributed by atoms with E-state index >= 15 is 0 Å². The Morgan fingerprint density at radius 3 is 2.69 bits per heavy atom. The third kappa shape index (κ3) is 1.93. The molecule has 0 aliphatic carbocycles. The summed E-state index contributed by atoms with van der Waals surface area (Å²) in [4.78, 5) is 16.0. The minimum absolute atomic E-state index is 0.0313. The van der Waals surface area contributed by atoms with Crippen LogP contribution in [0.15, 0.2) is 42.7 Å². The van der Waals surface area contributed by atoms with E-state index in [1.165, 1.54) is 0 Å². The van der Waals surface area contributed by atoms with E-state index in [1.807, 2.05) is 6.92 Å². The van der Waals surface area contributed by atoms with E-state index in [2.05, 4.69) is 4.98 Å². The lowest BCUT2D eigenvalue weighted by Gasteiger charge is -2.04. The highest BCUT2D eigenvalue weighted by Crippen LogP contribution is 2.15. The molecule has 2 N–H and O–H groups in total. The summed E-state index contributed by atoms with van der Waals surface area (Å²) in [6.07, 6.45) is 3.21. The van der Waals surface area contributed by atoms with Gasteiger partial charge in [0.25, 0.3) is 0 Å². The van der Waals surface area contributed by atoms with Gasteiger partial charge in [0, 0.05) is 29.2 Å². The van der Waals surface area contributed by atoms with E-state index in [1.54, 1.807) is 42.7 Å². The van der Waals surface area contributed by atoms with Gasteiger partial charge in [-0.25, -0.2) is 0 Å². The maximum atomic E-state index is 12.0. The van der Waals surface area contributed by atoms with E-state index < -0.39 is 0 Å². The molecule has 3 nitrogen and oxygen atoms in total. The monoisotopic (exact) mass is 212 g/mol. The first kappa shape index (κ1) is 10.4. The van der Waals surface area contributed by atoms with Crippen molar-refractivity contribution in [1.82, 2.24) is 4.98 Å². The Bertz CT molecular complexity index is 521. The number of aromatic nitrogens is 1. The van der Waals surface area contributed by atoms with Crippen molar-refractivity contribution in [3.8, 4) is 0 Å². The highest BCUT2D eigenvalue weighted by molar-refractivity contribution is 6.09. The van der Waals surface area contributed by atoms with E-state index in [0.29, 0.717) is 16.8 Å². The largest absolute Gasteiger partial charge is 0.399 e. The van der Waals surface area contributed by atoms with Gasteiger partial charge in [-0.1, -0.05) is 0 Å². The summed E-state index contributed by atoms with van der Waals surface area (Å²) in [5.74, 6) is -0.0313. The molecule has 1 aromatic heterocycles. The number of benzene rings is 1. The molecule has 0 fully saturated rings. The van der Waals surface area contributed by atoms with Crippen molar-refractivity contribution in [2.75, 3.05) is 5.73 Å². The van der Waals surface area contributed by atoms with Crippen LogP contribution in [-0.2, 0) is 0 Å². The second-order valence-corrected chi connectivity index (χ2v) is 3.64. The molecule has 3 heteroatoms. The lowest BCUT2D eigenvalue weighted by molar-refractivity contribution is 0.103. The summed E-state index contributed by atoms with van der Waals surface area (Å²) in [6.45, 7) is 1.88. The summed E-state index contributed by atoms with van der Waals surface area (Å²) in [7, 11) is 0. The van der Waals surface area contributed by atoms with Crippen molar-refractivity contribution < 1.29 is 4.79 Å². The molecular formula is C13H12N2O. The first-order chi connectivity index (χ1) is 7.68. The molecule has 0 radical (unpaired) electrons.